The fourth-order valence-corrected chi connectivity index (χ4v) is 1.77. The summed E-state index contributed by atoms with van der Waals surface area (Å²) in [6.45, 7) is 6.76. The second kappa shape index (κ2) is 2.89. The van der Waals surface area contributed by atoms with E-state index in [2.05, 4.69) is 25.8 Å². The van der Waals surface area contributed by atoms with Gasteiger partial charge in [0.2, 0.25) is 0 Å². The first kappa shape index (κ1) is 8.02. The Morgan fingerprint density at radius 3 is 2.20 bits per heavy atom. The molecule has 2 N–H and O–H groups in total. The molecule has 2 nitrogen and oxygen atoms in total. The molecule has 2 atom stereocenters. The van der Waals surface area contributed by atoms with Crippen molar-refractivity contribution in [2.24, 2.45) is 17.6 Å². The molecule has 0 amide bonds. The molecule has 0 bridgehead atoms. The zero-order chi connectivity index (χ0) is 7.72. The molecular formula is C8H18N2. The average Bonchev–Trinajstić information content (AvgIpc) is 2.10. The summed E-state index contributed by atoms with van der Waals surface area (Å²) in [4.78, 5) is 2.31. The molecule has 0 aromatic heterocycles. The van der Waals surface area contributed by atoms with Crippen molar-refractivity contribution in [1.82, 2.24) is 4.90 Å². The van der Waals surface area contributed by atoms with Crippen molar-refractivity contribution in [3.05, 3.63) is 0 Å². The van der Waals surface area contributed by atoms with Crippen LogP contribution < -0.4 is 5.73 Å². The molecule has 2 heteroatoms. The van der Waals surface area contributed by atoms with E-state index in [0.717, 1.165) is 12.5 Å². The van der Waals surface area contributed by atoms with Gasteiger partial charge in [-0.15, -0.1) is 0 Å². The Bertz CT molecular complexity index is 112. The normalized spacial score (nSPS) is 35.7. The summed E-state index contributed by atoms with van der Waals surface area (Å²) >= 11 is 0. The fraction of sp³-hybridized carbons (Fsp3) is 1.00. The second-order valence-electron chi connectivity index (χ2n) is 3.79. The molecule has 0 radical (unpaired) electrons. The first-order valence-corrected chi connectivity index (χ1v) is 4.05. The maximum absolute atomic E-state index is 5.93. The SMILES string of the molecule is CC(C)C1CN(C)CC1N. The van der Waals surface area contributed by atoms with Crippen LogP contribution in [0.3, 0.4) is 0 Å². The molecule has 1 aliphatic heterocycles. The van der Waals surface area contributed by atoms with Gasteiger partial charge in [0.15, 0.2) is 0 Å². The van der Waals surface area contributed by atoms with Crippen LogP contribution in [0.15, 0.2) is 0 Å². The first-order chi connectivity index (χ1) is 4.61. The van der Waals surface area contributed by atoms with Crippen molar-refractivity contribution >= 4 is 0 Å². The van der Waals surface area contributed by atoms with E-state index in [-0.39, 0.29) is 0 Å². The Morgan fingerprint density at radius 1 is 1.40 bits per heavy atom. The molecule has 0 spiro atoms. The van der Waals surface area contributed by atoms with Crippen molar-refractivity contribution in [2.45, 2.75) is 19.9 Å². The molecule has 0 aromatic rings. The molecule has 0 saturated carbocycles. The topological polar surface area (TPSA) is 29.3 Å². The van der Waals surface area contributed by atoms with E-state index < -0.39 is 0 Å². The van der Waals surface area contributed by atoms with Gasteiger partial charge in [-0.2, -0.15) is 0 Å². The summed E-state index contributed by atoms with van der Waals surface area (Å²) in [5.41, 5.74) is 5.93. The predicted molar refractivity (Wildman–Crippen MR) is 43.8 cm³/mol. The van der Waals surface area contributed by atoms with Crippen molar-refractivity contribution < 1.29 is 0 Å². The maximum atomic E-state index is 5.93. The fourth-order valence-electron chi connectivity index (χ4n) is 1.77. The first-order valence-electron chi connectivity index (χ1n) is 4.05. The molecular weight excluding hydrogens is 124 g/mol. The average molecular weight is 142 g/mol. The van der Waals surface area contributed by atoms with Gasteiger partial charge in [0.25, 0.3) is 0 Å². The zero-order valence-corrected chi connectivity index (χ0v) is 7.17. The third-order valence-corrected chi connectivity index (χ3v) is 2.45. The highest BCUT2D eigenvalue weighted by atomic mass is 15.1. The third kappa shape index (κ3) is 1.50. The number of rotatable bonds is 1. The van der Waals surface area contributed by atoms with Gasteiger partial charge in [-0.25, -0.2) is 0 Å². The molecule has 1 rings (SSSR count). The number of hydrogen-bond acceptors (Lipinski definition) is 2. The lowest BCUT2D eigenvalue weighted by atomic mass is 9.92. The van der Waals surface area contributed by atoms with Crippen LogP contribution in [0.5, 0.6) is 0 Å². The van der Waals surface area contributed by atoms with E-state index in [9.17, 15) is 0 Å². The van der Waals surface area contributed by atoms with Gasteiger partial charge in [0.05, 0.1) is 0 Å². The van der Waals surface area contributed by atoms with Crippen LogP contribution in [-0.4, -0.2) is 31.1 Å². The minimum atomic E-state index is 0.407. The lowest BCUT2D eigenvalue weighted by Crippen LogP contribution is -2.31. The van der Waals surface area contributed by atoms with E-state index in [1.165, 1.54) is 6.54 Å². The van der Waals surface area contributed by atoms with E-state index in [4.69, 9.17) is 5.73 Å². The molecule has 1 aliphatic rings. The highest BCUT2D eigenvalue weighted by molar-refractivity contribution is 4.86. The van der Waals surface area contributed by atoms with E-state index in [1.54, 1.807) is 0 Å². The Labute approximate surface area is 63.4 Å². The summed E-state index contributed by atoms with van der Waals surface area (Å²) < 4.78 is 0. The van der Waals surface area contributed by atoms with Crippen LogP contribution in [-0.2, 0) is 0 Å². The smallest absolute Gasteiger partial charge is 0.0211 e. The predicted octanol–water partition coefficient (Wildman–Crippen LogP) is 0.531. The number of nitrogens with zero attached hydrogens (tertiary/aromatic N) is 1. The number of likely N-dealkylation sites (tertiary alicyclic amines) is 1. The van der Waals surface area contributed by atoms with Gasteiger partial charge < -0.3 is 10.6 Å². The summed E-state index contributed by atoms with van der Waals surface area (Å²) in [7, 11) is 2.14. The Balaban J connectivity index is 2.46. The van der Waals surface area contributed by atoms with Crippen LogP contribution in [0, 0.1) is 11.8 Å². The highest BCUT2D eigenvalue weighted by Crippen LogP contribution is 2.21. The summed E-state index contributed by atoms with van der Waals surface area (Å²) in [5.74, 6) is 1.45. The lowest BCUT2D eigenvalue weighted by molar-refractivity contribution is 0.344. The monoisotopic (exact) mass is 142 g/mol. The quantitative estimate of drug-likeness (QED) is 0.578. The number of likely N-dealkylation sites (N-methyl/N-ethyl adjacent to an activating group) is 1. The van der Waals surface area contributed by atoms with Crippen LogP contribution >= 0.6 is 0 Å². The van der Waals surface area contributed by atoms with Crippen LogP contribution in [0.4, 0.5) is 0 Å². The summed E-state index contributed by atoms with van der Waals surface area (Å²) in [6.07, 6.45) is 0. The zero-order valence-electron chi connectivity index (χ0n) is 7.17. The standard InChI is InChI=1S/C8H18N2/c1-6(2)7-4-10(3)5-8(7)9/h6-8H,4-5,9H2,1-3H3. The van der Waals surface area contributed by atoms with Crippen LogP contribution in [0.25, 0.3) is 0 Å². The molecule has 1 fully saturated rings. The summed E-state index contributed by atoms with van der Waals surface area (Å²) in [6, 6.07) is 0.407. The van der Waals surface area contributed by atoms with Gasteiger partial charge >= 0.3 is 0 Å². The molecule has 60 valence electrons. The van der Waals surface area contributed by atoms with E-state index >= 15 is 0 Å². The van der Waals surface area contributed by atoms with Crippen molar-refractivity contribution in [2.75, 3.05) is 20.1 Å². The molecule has 2 unspecified atom stereocenters. The largest absolute Gasteiger partial charge is 0.326 e. The van der Waals surface area contributed by atoms with Crippen LogP contribution in [0.1, 0.15) is 13.8 Å². The highest BCUT2D eigenvalue weighted by Gasteiger charge is 2.29. The maximum Gasteiger partial charge on any atom is 0.0211 e. The Hall–Kier alpha value is -0.0800. The lowest BCUT2D eigenvalue weighted by Gasteiger charge is -2.17. The van der Waals surface area contributed by atoms with Crippen molar-refractivity contribution in [3.63, 3.8) is 0 Å². The molecule has 10 heavy (non-hydrogen) atoms. The molecule has 0 aliphatic carbocycles. The van der Waals surface area contributed by atoms with Crippen molar-refractivity contribution in [3.8, 4) is 0 Å². The minimum absolute atomic E-state index is 0.407. The molecule has 0 aromatic carbocycles. The minimum Gasteiger partial charge on any atom is -0.326 e. The van der Waals surface area contributed by atoms with Crippen LogP contribution in [0.2, 0.25) is 0 Å². The van der Waals surface area contributed by atoms with E-state index in [1.807, 2.05) is 0 Å². The van der Waals surface area contributed by atoms with Crippen molar-refractivity contribution in [1.29, 1.82) is 0 Å². The van der Waals surface area contributed by atoms with Gasteiger partial charge in [-0.05, 0) is 18.9 Å². The number of nitrogens with two attached hydrogens (primary N) is 1. The third-order valence-electron chi connectivity index (χ3n) is 2.45. The van der Waals surface area contributed by atoms with E-state index in [0.29, 0.717) is 12.0 Å². The van der Waals surface area contributed by atoms with Gasteiger partial charge in [0, 0.05) is 19.1 Å². The molecule has 1 heterocycles. The van der Waals surface area contributed by atoms with Gasteiger partial charge in [0.1, 0.15) is 0 Å². The van der Waals surface area contributed by atoms with Gasteiger partial charge in [-0.3, -0.25) is 0 Å². The van der Waals surface area contributed by atoms with Gasteiger partial charge in [-0.1, -0.05) is 13.8 Å². The Kier molecular flexibility index (Phi) is 2.32. The summed E-state index contributed by atoms with van der Waals surface area (Å²) in [5, 5.41) is 0. The Morgan fingerprint density at radius 2 is 2.00 bits per heavy atom. The second-order valence-corrected chi connectivity index (χ2v) is 3.79. The molecule has 1 saturated heterocycles. The number of hydrogen-bond donors (Lipinski definition) is 1.